The maximum Gasteiger partial charge on any atom is 0.490 e. The van der Waals surface area contributed by atoms with Crippen LogP contribution in [0.2, 0.25) is 0 Å². The van der Waals surface area contributed by atoms with Crippen LogP contribution < -0.4 is 5.46 Å². The summed E-state index contributed by atoms with van der Waals surface area (Å²) >= 11 is 0. The fraction of sp³-hybridized carbons (Fsp3) is 0. The normalized spacial score (nSPS) is 10.5. The molecule has 0 aromatic carbocycles. The Morgan fingerprint density at radius 1 is 1.33 bits per heavy atom. The lowest BCUT2D eigenvalue weighted by Crippen LogP contribution is -2.29. The molecule has 12 heavy (non-hydrogen) atoms. The monoisotopic (exact) mass is 163 g/mol. The van der Waals surface area contributed by atoms with E-state index in [1.807, 2.05) is 0 Å². The molecular weight excluding hydrogens is 157 g/mol. The summed E-state index contributed by atoms with van der Waals surface area (Å²) in [4.78, 5) is 3.95. The second kappa shape index (κ2) is 2.58. The summed E-state index contributed by atoms with van der Waals surface area (Å²) < 4.78 is 0. The van der Waals surface area contributed by atoms with Crippen LogP contribution in [0.5, 0.6) is 0 Å². The Kier molecular flexibility index (Phi) is 1.56. The number of pyridine rings is 1. The van der Waals surface area contributed by atoms with Gasteiger partial charge in [0.15, 0.2) is 0 Å². The number of rotatable bonds is 1. The molecule has 2 aromatic rings. The van der Waals surface area contributed by atoms with Crippen LogP contribution in [0.3, 0.4) is 0 Å². The Morgan fingerprint density at radius 3 is 2.92 bits per heavy atom. The van der Waals surface area contributed by atoms with Crippen LogP contribution in [0.25, 0.3) is 11.0 Å². The third-order valence-corrected chi connectivity index (χ3v) is 1.61. The molecule has 0 aliphatic rings. The lowest BCUT2D eigenvalue weighted by Gasteiger charge is -1.96. The van der Waals surface area contributed by atoms with Crippen LogP contribution in [-0.4, -0.2) is 32.3 Å². The van der Waals surface area contributed by atoms with E-state index in [0.717, 1.165) is 0 Å². The van der Waals surface area contributed by atoms with E-state index in [0.29, 0.717) is 16.5 Å². The lowest BCUT2D eigenvalue weighted by molar-refractivity contribution is 0.425. The number of H-pyrrole nitrogens is 1. The molecule has 0 fully saturated rings. The summed E-state index contributed by atoms with van der Waals surface area (Å²) in [5.74, 6) is 0. The minimum absolute atomic E-state index is 0.353. The van der Waals surface area contributed by atoms with Gasteiger partial charge in [0, 0.05) is 11.7 Å². The second-order valence-electron chi connectivity index (χ2n) is 2.45. The molecule has 0 atom stereocenters. The number of nitrogens with one attached hydrogen (secondary N) is 1. The number of hydrogen-bond acceptors (Lipinski definition) is 4. The average molecular weight is 163 g/mol. The third-order valence-electron chi connectivity index (χ3n) is 1.61. The summed E-state index contributed by atoms with van der Waals surface area (Å²) in [5, 5.41) is 24.0. The van der Waals surface area contributed by atoms with Crippen molar-refractivity contribution < 1.29 is 10.0 Å². The zero-order valence-electron chi connectivity index (χ0n) is 6.10. The van der Waals surface area contributed by atoms with Crippen LogP contribution in [-0.2, 0) is 0 Å². The number of aromatic nitrogens is 3. The van der Waals surface area contributed by atoms with E-state index in [4.69, 9.17) is 10.0 Å². The lowest BCUT2D eigenvalue weighted by atomic mass is 9.81. The second-order valence-corrected chi connectivity index (χ2v) is 2.45. The highest BCUT2D eigenvalue weighted by atomic mass is 16.4. The van der Waals surface area contributed by atoms with E-state index in [9.17, 15) is 0 Å². The molecular formula is C6H6BN3O2. The van der Waals surface area contributed by atoms with Gasteiger partial charge in [0.1, 0.15) is 5.52 Å². The Hall–Kier alpha value is -1.40. The predicted molar refractivity (Wildman–Crippen MR) is 43.7 cm³/mol. The van der Waals surface area contributed by atoms with Gasteiger partial charge in [0.05, 0.1) is 11.7 Å². The first-order chi connectivity index (χ1) is 5.77. The summed E-state index contributed by atoms with van der Waals surface area (Å²) in [6.45, 7) is 0. The first kappa shape index (κ1) is 7.26. The Balaban J connectivity index is 2.60. The van der Waals surface area contributed by atoms with E-state index >= 15 is 0 Å². The summed E-state index contributed by atoms with van der Waals surface area (Å²) in [6.07, 6.45) is 2.98. The van der Waals surface area contributed by atoms with Crippen molar-refractivity contribution >= 4 is 23.6 Å². The van der Waals surface area contributed by atoms with Crippen molar-refractivity contribution in [2.24, 2.45) is 0 Å². The van der Waals surface area contributed by atoms with Gasteiger partial charge in [0.25, 0.3) is 0 Å². The van der Waals surface area contributed by atoms with Gasteiger partial charge in [-0.05, 0) is 6.07 Å². The molecule has 2 heterocycles. The molecule has 3 N–H and O–H groups in total. The SMILES string of the molecule is OB(O)c1cnc2cn[nH]c2c1. The number of nitrogens with zero attached hydrogens (tertiary/aromatic N) is 2. The van der Waals surface area contributed by atoms with Crippen molar-refractivity contribution in [3.05, 3.63) is 18.5 Å². The van der Waals surface area contributed by atoms with E-state index in [-0.39, 0.29) is 0 Å². The van der Waals surface area contributed by atoms with Crippen molar-refractivity contribution in [1.82, 2.24) is 15.2 Å². The number of aromatic amines is 1. The molecule has 60 valence electrons. The maximum atomic E-state index is 8.80. The molecule has 0 saturated heterocycles. The van der Waals surface area contributed by atoms with Crippen LogP contribution in [0.15, 0.2) is 18.5 Å². The quantitative estimate of drug-likeness (QED) is 0.453. The molecule has 2 aromatic heterocycles. The molecule has 0 aliphatic carbocycles. The fourth-order valence-electron chi connectivity index (χ4n) is 0.988. The Bertz CT molecular complexity index is 400. The molecule has 6 heteroatoms. The summed E-state index contributed by atoms with van der Waals surface area (Å²) in [5.41, 5.74) is 1.76. The first-order valence-electron chi connectivity index (χ1n) is 3.42. The largest absolute Gasteiger partial charge is 0.490 e. The van der Waals surface area contributed by atoms with Gasteiger partial charge >= 0.3 is 7.12 Å². The maximum absolute atomic E-state index is 8.80. The fourth-order valence-corrected chi connectivity index (χ4v) is 0.988. The van der Waals surface area contributed by atoms with E-state index in [1.165, 1.54) is 6.20 Å². The van der Waals surface area contributed by atoms with Gasteiger partial charge in [-0.2, -0.15) is 5.10 Å². The van der Waals surface area contributed by atoms with Gasteiger partial charge < -0.3 is 10.0 Å². The number of hydrogen-bond donors (Lipinski definition) is 3. The number of fused-ring (bicyclic) bond motifs is 1. The zero-order chi connectivity index (χ0) is 8.55. The third kappa shape index (κ3) is 1.07. The van der Waals surface area contributed by atoms with E-state index in [1.54, 1.807) is 12.3 Å². The van der Waals surface area contributed by atoms with Crippen LogP contribution in [0.4, 0.5) is 0 Å². The minimum atomic E-state index is -1.48. The van der Waals surface area contributed by atoms with Crippen LogP contribution in [0, 0.1) is 0 Å². The molecule has 2 rings (SSSR count). The molecule has 0 radical (unpaired) electrons. The summed E-state index contributed by atoms with van der Waals surface area (Å²) in [7, 11) is -1.48. The van der Waals surface area contributed by atoms with Gasteiger partial charge in [-0.1, -0.05) is 0 Å². The Morgan fingerprint density at radius 2 is 2.17 bits per heavy atom. The molecule has 0 amide bonds. The Labute approximate surface area is 68.2 Å². The van der Waals surface area contributed by atoms with E-state index < -0.39 is 7.12 Å². The van der Waals surface area contributed by atoms with Gasteiger partial charge in [-0.25, -0.2) is 0 Å². The van der Waals surface area contributed by atoms with E-state index in [2.05, 4.69) is 15.2 Å². The molecule has 5 nitrogen and oxygen atoms in total. The topological polar surface area (TPSA) is 82.0 Å². The van der Waals surface area contributed by atoms with Gasteiger partial charge in [0.2, 0.25) is 0 Å². The molecule has 0 spiro atoms. The van der Waals surface area contributed by atoms with Gasteiger partial charge in [-0.15, -0.1) is 0 Å². The van der Waals surface area contributed by atoms with Crippen molar-refractivity contribution in [1.29, 1.82) is 0 Å². The van der Waals surface area contributed by atoms with Gasteiger partial charge in [-0.3, -0.25) is 10.1 Å². The minimum Gasteiger partial charge on any atom is -0.423 e. The smallest absolute Gasteiger partial charge is 0.423 e. The average Bonchev–Trinajstić information content (AvgIpc) is 2.49. The summed E-state index contributed by atoms with van der Waals surface area (Å²) in [6, 6.07) is 1.60. The first-order valence-corrected chi connectivity index (χ1v) is 3.42. The van der Waals surface area contributed by atoms with Crippen LogP contribution >= 0.6 is 0 Å². The van der Waals surface area contributed by atoms with Crippen molar-refractivity contribution in [3.63, 3.8) is 0 Å². The van der Waals surface area contributed by atoms with Crippen LogP contribution in [0.1, 0.15) is 0 Å². The molecule has 0 saturated carbocycles. The highest BCUT2D eigenvalue weighted by molar-refractivity contribution is 6.58. The molecule has 0 bridgehead atoms. The predicted octanol–water partition coefficient (Wildman–Crippen LogP) is -1.36. The zero-order valence-corrected chi connectivity index (χ0v) is 6.10. The van der Waals surface area contributed by atoms with Crippen molar-refractivity contribution in [2.45, 2.75) is 0 Å². The molecule has 0 aliphatic heterocycles. The highest BCUT2D eigenvalue weighted by Gasteiger charge is 2.11. The van der Waals surface area contributed by atoms with Crippen molar-refractivity contribution in [2.75, 3.05) is 0 Å². The van der Waals surface area contributed by atoms with Crippen molar-refractivity contribution in [3.8, 4) is 0 Å². The highest BCUT2D eigenvalue weighted by Crippen LogP contribution is 2.02. The standard InChI is InChI=1S/C6H6BN3O2/c11-7(12)4-1-5-6(8-2-4)3-9-10-5/h1-3,11-12H,(H,9,10). The molecule has 0 unspecified atom stereocenters.